The van der Waals surface area contributed by atoms with Crippen LogP contribution in [0.4, 0.5) is 5.00 Å². The summed E-state index contributed by atoms with van der Waals surface area (Å²) in [5.41, 5.74) is 3.30. The molecule has 2 aromatic heterocycles. The van der Waals surface area contributed by atoms with Crippen molar-refractivity contribution >= 4 is 34.0 Å². The van der Waals surface area contributed by atoms with E-state index in [1.54, 1.807) is 0 Å². The van der Waals surface area contributed by atoms with Gasteiger partial charge in [0, 0.05) is 10.4 Å². The van der Waals surface area contributed by atoms with E-state index < -0.39 is 0 Å². The Morgan fingerprint density at radius 1 is 1.29 bits per heavy atom. The van der Waals surface area contributed by atoms with Crippen molar-refractivity contribution in [3.8, 4) is 17.3 Å². The van der Waals surface area contributed by atoms with Crippen LogP contribution in [0, 0.1) is 25.2 Å². The summed E-state index contributed by atoms with van der Waals surface area (Å²) in [7, 11) is 0. The summed E-state index contributed by atoms with van der Waals surface area (Å²) in [4.78, 5) is 22.5. The van der Waals surface area contributed by atoms with Gasteiger partial charge in [0.25, 0.3) is 0 Å². The molecule has 1 aromatic carbocycles. The first-order chi connectivity index (χ1) is 13.5. The van der Waals surface area contributed by atoms with Gasteiger partial charge in [-0.3, -0.25) is 4.79 Å². The Kier molecular flexibility index (Phi) is 6.45. The number of aryl methyl sites for hydroxylation is 1. The first-order valence-electron chi connectivity index (χ1n) is 8.88. The maximum absolute atomic E-state index is 12.8. The van der Waals surface area contributed by atoms with Crippen molar-refractivity contribution in [3.05, 3.63) is 58.7 Å². The van der Waals surface area contributed by atoms with Crippen molar-refractivity contribution in [3.63, 3.8) is 0 Å². The first-order valence-corrected chi connectivity index (χ1v) is 10.6. The van der Waals surface area contributed by atoms with Crippen LogP contribution in [0.15, 0.2) is 47.8 Å². The van der Waals surface area contributed by atoms with Crippen LogP contribution >= 0.6 is 23.1 Å². The maximum Gasteiger partial charge on any atom is 0.238 e. The zero-order valence-electron chi connectivity index (χ0n) is 15.9. The molecule has 28 heavy (non-hydrogen) atoms. The fraction of sp³-hybridized carbons (Fsp3) is 0.238. The lowest BCUT2D eigenvalue weighted by Crippen LogP contribution is -2.24. The SMILES string of the molecule is CCC(Sc1cc(-c2ccccc2)ncn1)C(=O)Nc1sc(C)c(C)c1C#N. The van der Waals surface area contributed by atoms with Crippen molar-refractivity contribution in [2.75, 3.05) is 5.32 Å². The lowest BCUT2D eigenvalue weighted by Gasteiger charge is -2.14. The van der Waals surface area contributed by atoms with Gasteiger partial charge in [0.2, 0.25) is 5.91 Å². The van der Waals surface area contributed by atoms with E-state index in [4.69, 9.17) is 0 Å². The number of anilines is 1. The molecule has 3 aromatic rings. The van der Waals surface area contributed by atoms with Gasteiger partial charge < -0.3 is 5.32 Å². The highest BCUT2D eigenvalue weighted by Gasteiger charge is 2.22. The van der Waals surface area contributed by atoms with Gasteiger partial charge in [-0.1, -0.05) is 49.0 Å². The third kappa shape index (κ3) is 4.41. The van der Waals surface area contributed by atoms with E-state index in [9.17, 15) is 10.1 Å². The number of nitrogens with zero attached hydrogens (tertiary/aromatic N) is 3. The first kappa shape index (κ1) is 20.1. The standard InChI is InChI=1S/C21H20N4OS2/c1-4-18(20(26)25-21-16(11-22)13(2)14(3)27-21)28-19-10-17(23-12-24-19)15-8-6-5-7-9-15/h5-10,12,18H,4H2,1-3H3,(H,25,26). The maximum atomic E-state index is 12.8. The number of hydrogen-bond acceptors (Lipinski definition) is 6. The fourth-order valence-electron chi connectivity index (χ4n) is 2.68. The Bertz CT molecular complexity index is 1020. The predicted molar refractivity (Wildman–Crippen MR) is 115 cm³/mol. The van der Waals surface area contributed by atoms with Crippen LogP contribution in [0.25, 0.3) is 11.3 Å². The monoisotopic (exact) mass is 408 g/mol. The molecular formula is C21H20N4OS2. The van der Waals surface area contributed by atoms with E-state index >= 15 is 0 Å². The third-order valence-electron chi connectivity index (χ3n) is 4.37. The average molecular weight is 409 g/mol. The van der Waals surface area contributed by atoms with Crippen LogP contribution in [0.3, 0.4) is 0 Å². The van der Waals surface area contributed by atoms with Crippen LogP contribution in [0.5, 0.6) is 0 Å². The summed E-state index contributed by atoms with van der Waals surface area (Å²) >= 11 is 2.85. The Labute approximate surface area is 172 Å². The van der Waals surface area contributed by atoms with Crippen molar-refractivity contribution in [1.29, 1.82) is 5.26 Å². The lowest BCUT2D eigenvalue weighted by atomic mass is 10.1. The molecule has 0 aliphatic rings. The van der Waals surface area contributed by atoms with Gasteiger partial charge in [0.1, 0.15) is 22.4 Å². The normalized spacial score (nSPS) is 11.6. The zero-order chi connectivity index (χ0) is 20.1. The summed E-state index contributed by atoms with van der Waals surface area (Å²) < 4.78 is 0. The smallest absolute Gasteiger partial charge is 0.238 e. The average Bonchev–Trinajstić information content (AvgIpc) is 2.99. The molecule has 0 aliphatic heterocycles. The molecule has 1 N–H and O–H groups in total. The fourth-order valence-corrected chi connectivity index (χ4v) is 4.61. The number of rotatable bonds is 6. The number of carbonyl (C=O) groups is 1. The second-order valence-corrected chi connectivity index (χ2v) is 8.66. The minimum Gasteiger partial charge on any atom is -0.316 e. The number of carbonyl (C=O) groups excluding carboxylic acids is 1. The van der Waals surface area contributed by atoms with Gasteiger partial charge in [-0.15, -0.1) is 11.3 Å². The highest BCUT2D eigenvalue weighted by atomic mass is 32.2. The molecule has 142 valence electrons. The Hall–Kier alpha value is -2.69. The molecule has 1 amide bonds. The van der Waals surface area contributed by atoms with Crippen molar-refractivity contribution in [2.45, 2.75) is 37.5 Å². The predicted octanol–water partition coefficient (Wildman–Crippen LogP) is 5.20. The van der Waals surface area contributed by atoms with Gasteiger partial charge in [0.15, 0.2) is 0 Å². The molecule has 0 bridgehead atoms. The molecule has 5 nitrogen and oxygen atoms in total. The van der Waals surface area contributed by atoms with Gasteiger partial charge in [-0.2, -0.15) is 5.26 Å². The lowest BCUT2D eigenvalue weighted by molar-refractivity contribution is -0.115. The largest absolute Gasteiger partial charge is 0.316 e. The van der Waals surface area contributed by atoms with Gasteiger partial charge >= 0.3 is 0 Å². The van der Waals surface area contributed by atoms with Crippen LogP contribution in [0.1, 0.15) is 29.3 Å². The number of thiophene rings is 1. The quantitative estimate of drug-likeness (QED) is 0.448. The van der Waals surface area contributed by atoms with E-state index in [1.165, 1.54) is 29.4 Å². The number of nitrogens with one attached hydrogen (secondary N) is 1. The molecule has 1 atom stereocenters. The molecule has 0 saturated heterocycles. The molecule has 0 saturated carbocycles. The topological polar surface area (TPSA) is 78.7 Å². The highest BCUT2D eigenvalue weighted by Crippen LogP contribution is 2.33. The van der Waals surface area contributed by atoms with Crippen LogP contribution < -0.4 is 5.32 Å². The number of hydrogen-bond donors (Lipinski definition) is 1. The van der Waals surface area contributed by atoms with E-state index in [-0.39, 0.29) is 11.2 Å². The number of benzene rings is 1. The third-order valence-corrected chi connectivity index (χ3v) is 6.79. The molecule has 7 heteroatoms. The number of aromatic nitrogens is 2. The summed E-state index contributed by atoms with van der Waals surface area (Å²) in [5, 5.41) is 13.4. The number of thioether (sulfide) groups is 1. The van der Waals surface area contributed by atoms with E-state index in [0.29, 0.717) is 17.0 Å². The van der Waals surface area contributed by atoms with Crippen molar-refractivity contribution in [1.82, 2.24) is 9.97 Å². The summed E-state index contributed by atoms with van der Waals surface area (Å²) in [6.45, 7) is 5.82. The molecule has 1 unspecified atom stereocenters. The Morgan fingerprint density at radius 2 is 2.04 bits per heavy atom. The number of amides is 1. The van der Waals surface area contributed by atoms with E-state index in [1.807, 2.05) is 57.2 Å². The van der Waals surface area contributed by atoms with Crippen LogP contribution in [-0.4, -0.2) is 21.1 Å². The summed E-state index contributed by atoms with van der Waals surface area (Å²) in [6.07, 6.45) is 2.17. The second kappa shape index (κ2) is 9.00. The van der Waals surface area contributed by atoms with Crippen LogP contribution in [-0.2, 0) is 4.79 Å². The highest BCUT2D eigenvalue weighted by molar-refractivity contribution is 8.00. The van der Waals surface area contributed by atoms with Crippen molar-refractivity contribution < 1.29 is 4.79 Å². The van der Waals surface area contributed by atoms with Gasteiger partial charge in [-0.05, 0) is 31.9 Å². The second-order valence-electron chi connectivity index (χ2n) is 6.21. The molecule has 0 spiro atoms. The molecule has 2 heterocycles. The molecule has 0 radical (unpaired) electrons. The van der Waals surface area contributed by atoms with E-state index in [2.05, 4.69) is 21.4 Å². The minimum absolute atomic E-state index is 0.120. The van der Waals surface area contributed by atoms with Crippen LogP contribution in [0.2, 0.25) is 0 Å². The molecular weight excluding hydrogens is 388 g/mol. The Balaban J connectivity index is 1.77. The van der Waals surface area contributed by atoms with Gasteiger partial charge in [0.05, 0.1) is 16.5 Å². The van der Waals surface area contributed by atoms with Gasteiger partial charge in [-0.25, -0.2) is 9.97 Å². The summed E-state index contributed by atoms with van der Waals surface area (Å²) in [5.74, 6) is -0.120. The van der Waals surface area contributed by atoms with E-state index in [0.717, 1.165) is 26.7 Å². The van der Waals surface area contributed by atoms with Crippen molar-refractivity contribution in [2.24, 2.45) is 0 Å². The molecule has 3 rings (SSSR count). The summed E-state index contributed by atoms with van der Waals surface area (Å²) in [6, 6.07) is 14.0. The number of nitriles is 1. The minimum atomic E-state index is -0.312. The molecule has 0 aliphatic carbocycles. The molecule has 0 fully saturated rings. The zero-order valence-corrected chi connectivity index (χ0v) is 17.5. The Morgan fingerprint density at radius 3 is 2.71 bits per heavy atom.